The molecule has 1 atom stereocenters. The van der Waals surface area contributed by atoms with Gasteiger partial charge in [0.2, 0.25) is 11.8 Å². The second-order valence-corrected chi connectivity index (χ2v) is 8.00. The Bertz CT molecular complexity index is 1080. The molecule has 2 N–H and O–H groups in total. The summed E-state index contributed by atoms with van der Waals surface area (Å²) in [5.41, 5.74) is 0.833. The van der Waals surface area contributed by atoms with Crippen LogP contribution >= 0.6 is 23.8 Å². The molecule has 1 fully saturated rings. The van der Waals surface area contributed by atoms with Crippen LogP contribution in [-0.2, 0) is 14.4 Å². The van der Waals surface area contributed by atoms with Crippen molar-refractivity contribution >= 4 is 58.0 Å². The van der Waals surface area contributed by atoms with Gasteiger partial charge in [-0.05, 0) is 54.7 Å². The Morgan fingerprint density at radius 2 is 1.91 bits per heavy atom. The van der Waals surface area contributed by atoms with Gasteiger partial charge in [-0.1, -0.05) is 11.6 Å². The van der Waals surface area contributed by atoms with Gasteiger partial charge < -0.3 is 20.3 Å². The van der Waals surface area contributed by atoms with Crippen molar-refractivity contribution in [3.63, 3.8) is 0 Å². The summed E-state index contributed by atoms with van der Waals surface area (Å²) in [6, 6.07) is 9.21. The number of ether oxygens (including phenoxy) is 1. The second kappa shape index (κ2) is 10.6. The standard InChI is InChI=1S/C22H22ClFN4O4S/c1-13(29)25-9-10-27-18(12-20(30)26-15-5-3-14(24)4-6-15)21(31)28(22(27)33)16-7-8-19(32-2)17(23)11-16/h3-8,11,18H,9-10,12H2,1-2H3,(H,25,29)(H,26,30)/t18-/m0/s1. The molecule has 33 heavy (non-hydrogen) atoms. The predicted molar refractivity (Wildman–Crippen MR) is 127 cm³/mol. The van der Waals surface area contributed by atoms with Crippen LogP contribution in [0, 0.1) is 5.82 Å². The number of benzene rings is 2. The van der Waals surface area contributed by atoms with E-state index in [0.29, 0.717) is 22.1 Å². The van der Waals surface area contributed by atoms with E-state index in [9.17, 15) is 18.8 Å². The van der Waals surface area contributed by atoms with Gasteiger partial charge in [0, 0.05) is 25.7 Å². The third kappa shape index (κ3) is 5.77. The van der Waals surface area contributed by atoms with Crippen LogP contribution < -0.4 is 20.3 Å². The van der Waals surface area contributed by atoms with Gasteiger partial charge in [-0.25, -0.2) is 4.39 Å². The van der Waals surface area contributed by atoms with Crippen molar-refractivity contribution in [2.75, 3.05) is 30.4 Å². The second-order valence-electron chi connectivity index (χ2n) is 7.23. The first-order valence-electron chi connectivity index (χ1n) is 9.99. The van der Waals surface area contributed by atoms with Crippen LogP contribution in [0.3, 0.4) is 0 Å². The summed E-state index contributed by atoms with van der Waals surface area (Å²) in [6.45, 7) is 1.84. The molecular formula is C22H22ClFN4O4S. The smallest absolute Gasteiger partial charge is 0.256 e. The minimum atomic E-state index is -0.896. The lowest BCUT2D eigenvalue weighted by Gasteiger charge is -2.24. The zero-order valence-corrected chi connectivity index (χ0v) is 19.5. The lowest BCUT2D eigenvalue weighted by Crippen LogP contribution is -2.42. The highest BCUT2D eigenvalue weighted by Gasteiger charge is 2.44. The number of anilines is 2. The van der Waals surface area contributed by atoms with E-state index in [1.807, 2.05) is 0 Å². The molecule has 0 unspecified atom stereocenters. The van der Waals surface area contributed by atoms with Gasteiger partial charge in [-0.15, -0.1) is 0 Å². The Kier molecular flexibility index (Phi) is 7.83. The van der Waals surface area contributed by atoms with Gasteiger partial charge in [0.15, 0.2) is 5.11 Å². The molecule has 11 heteroatoms. The van der Waals surface area contributed by atoms with Crippen molar-refractivity contribution in [3.8, 4) is 5.75 Å². The highest BCUT2D eigenvalue weighted by atomic mass is 35.5. The summed E-state index contributed by atoms with van der Waals surface area (Å²) in [4.78, 5) is 40.2. The minimum Gasteiger partial charge on any atom is -0.495 e. The number of carbonyl (C=O) groups excluding carboxylic acids is 3. The van der Waals surface area contributed by atoms with Crippen molar-refractivity contribution in [2.24, 2.45) is 0 Å². The quantitative estimate of drug-likeness (QED) is 0.551. The summed E-state index contributed by atoms with van der Waals surface area (Å²) in [5, 5.41) is 5.80. The number of carbonyl (C=O) groups is 3. The molecule has 3 rings (SSSR count). The number of nitrogens with one attached hydrogen (secondary N) is 2. The fourth-order valence-corrected chi connectivity index (χ4v) is 4.06. The Labute approximate surface area is 200 Å². The first-order chi connectivity index (χ1) is 15.7. The number of rotatable bonds is 8. The minimum absolute atomic E-state index is 0.186. The number of hydrogen-bond donors (Lipinski definition) is 2. The van der Waals surface area contributed by atoms with Crippen molar-refractivity contribution in [2.45, 2.75) is 19.4 Å². The molecule has 8 nitrogen and oxygen atoms in total. The molecule has 1 aliphatic rings. The Balaban J connectivity index is 1.83. The summed E-state index contributed by atoms with van der Waals surface area (Å²) >= 11 is 11.8. The van der Waals surface area contributed by atoms with Crippen LogP contribution in [0.25, 0.3) is 0 Å². The van der Waals surface area contributed by atoms with Crippen LogP contribution in [0.5, 0.6) is 5.75 Å². The first-order valence-corrected chi connectivity index (χ1v) is 10.8. The van der Waals surface area contributed by atoms with Crippen LogP contribution in [0.4, 0.5) is 15.8 Å². The van der Waals surface area contributed by atoms with E-state index < -0.39 is 23.7 Å². The van der Waals surface area contributed by atoms with Crippen LogP contribution in [0.15, 0.2) is 42.5 Å². The van der Waals surface area contributed by atoms with Gasteiger partial charge in [-0.3, -0.25) is 19.3 Å². The topological polar surface area (TPSA) is 91.0 Å². The first kappa shape index (κ1) is 24.4. The zero-order valence-electron chi connectivity index (χ0n) is 17.9. The molecule has 174 valence electrons. The van der Waals surface area contributed by atoms with E-state index in [1.54, 1.807) is 23.1 Å². The van der Waals surface area contributed by atoms with Crippen molar-refractivity contribution in [1.82, 2.24) is 10.2 Å². The van der Waals surface area contributed by atoms with Crippen LogP contribution in [0.1, 0.15) is 13.3 Å². The lowest BCUT2D eigenvalue weighted by molar-refractivity contribution is -0.124. The van der Waals surface area contributed by atoms with E-state index in [1.165, 1.54) is 43.2 Å². The van der Waals surface area contributed by atoms with Gasteiger partial charge in [0.05, 0.1) is 24.2 Å². The maximum absolute atomic E-state index is 13.3. The molecule has 2 aromatic carbocycles. The maximum Gasteiger partial charge on any atom is 0.256 e. The molecule has 0 aromatic heterocycles. The fraction of sp³-hybridized carbons (Fsp3) is 0.273. The average Bonchev–Trinajstić information content (AvgIpc) is 2.99. The van der Waals surface area contributed by atoms with Crippen LogP contribution in [0.2, 0.25) is 5.02 Å². The van der Waals surface area contributed by atoms with E-state index in [2.05, 4.69) is 10.6 Å². The largest absolute Gasteiger partial charge is 0.495 e. The molecule has 0 spiro atoms. The maximum atomic E-state index is 13.3. The molecule has 1 saturated heterocycles. The number of amides is 3. The molecular weight excluding hydrogens is 471 g/mol. The summed E-state index contributed by atoms with van der Waals surface area (Å²) < 4.78 is 18.3. The third-order valence-electron chi connectivity index (χ3n) is 4.95. The number of methoxy groups -OCH3 is 1. The van der Waals surface area contributed by atoms with Gasteiger partial charge in [0.1, 0.15) is 17.6 Å². The van der Waals surface area contributed by atoms with Gasteiger partial charge >= 0.3 is 0 Å². The molecule has 1 aliphatic heterocycles. The van der Waals surface area contributed by atoms with E-state index in [4.69, 9.17) is 28.6 Å². The van der Waals surface area contributed by atoms with Crippen molar-refractivity contribution in [1.29, 1.82) is 0 Å². The van der Waals surface area contributed by atoms with Crippen molar-refractivity contribution in [3.05, 3.63) is 53.3 Å². The zero-order chi connectivity index (χ0) is 24.1. The fourth-order valence-electron chi connectivity index (χ4n) is 3.39. The summed E-state index contributed by atoms with van der Waals surface area (Å²) in [6.07, 6.45) is -0.198. The predicted octanol–water partition coefficient (Wildman–Crippen LogP) is 2.95. The third-order valence-corrected chi connectivity index (χ3v) is 5.66. The normalized spacial score (nSPS) is 15.6. The van der Waals surface area contributed by atoms with E-state index in [-0.39, 0.29) is 30.5 Å². The molecule has 0 aliphatic carbocycles. The van der Waals surface area contributed by atoms with E-state index in [0.717, 1.165) is 0 Å². The lowest BCUT2D eigenvalue weighted by atomic mass is 10.1. The monoisotopic (exact) mass is 492 g/mol. The Hall–Kier alpha value is -3.24. The number of halogens is 2. The molecule has 0 saturated carbocycles. The summed E-state index contributed by atoms with van der Waals surface area (Å²) in [7, 11) is 1.48. The highest BCUT2D eigenvalue weighted by molar-refractivity contribution is 7.80. The summed E-state index contributed by atoms with van der Waals surface area (Å²) in [5.74, 6) is -1.06. The SMILES string of the molecule is COc1ccc(N2C(=O)[C@H](CC(=O)Nc3ccc(F)cc3)N(CCNC(C)=O)C2=S)cc1Cl. The van der Waals surface area contributed by atoms with E-state index >= 15 is 0 Å². The van der Waals surface area contributed by atoms with Crippen LogP contribution in [-0.4, -0.2) is 54.0 Å². The number of thiocarbonyl (C=S) groups is 1. The Morgan fingerprint density at radius 3 is 2.52 bits per heavy atom. The molecule has 2 aromatic rings. The number of nitrogens with zero attached hydrogens (tertiary/aromatic N) is 2. The molecule has 0 radical (unpaired) electrons. The van der Waals surface area contributed by atoms with Crippen molar-refractivity contribution < 1.29 is 23.5 Å². The average molecular weight is 493 g/mol. The van der Waals surface area contributed by atoms with Gasteiger partial charge in [-0.2, -0.15) is 0 Å². The molecule has 1 heterocycles. The van der Waals surface area contributed by atoms with Gasteiger partial charge in [0.25, 0.3) is 5.91 Å². The molecule has 0 bridgehead atoms. The highest BCUT2D eigenvalue weighted by Crippen LogP contribution is 2.33. The molecule has 3 amide bonds. The number of hydrogen-bond acceptors (Lipinski definition) is 5. The Morgan fingerprint density at radius 1 is 1.21 bits per heavy atom.